The number of amides is 2. The number of carbonyl (C=O) groups is 2. The van der Waals surface area contributed by atoms with Crippen LogP contribution in [0.3, 0.4) is 0 Å². The molecular formula is C26H24ClN2NaO3. The Kier molecular flexibility index (Phi) is 11.2. The van der Waals surface area contributed by atoms with Crippen LogP contribution >= 0.6 is 11.6 Å². The van der Waals surface area contributed by atoms with E-state index in [0.717, 1.165) is 16.7 Å². The molecule has 0 fully saturated rings. The van der Waals surface area contributed by atoms with Crippen LogP contribution in [0.4, 0.5) is 10.5 Å². The third kappa shape index (κ3) is 9.06. The molecule has 3 aromatic rings. The zero-order valence-electron chi connectivity index (χ0n) is 18.5. The van der Waals surface area contributed by atoms with Gasteiger partial charge < -0.3 is 20.5 Å². The summed E-state index contributed by atoms with van der Waals surface area (Å²) in [5.74, 6) is -1.11. The molecule has 164 valence electrons. The predicted octanol–water partition coefficient (Wildman–Crippen LogP) is 1.89. The van der Waals surface area contributed by atoms with Gasteiger partial charge in [-0.1, -0.05) is 78.3 Å². The van der Waals surface area contributed by atoms with Gasteiger partial charge in [0.2, 0.25) is 0 Å². The molecule has 0 bridgehead atoms. The first-order chi connectivity index (χ1) is 15.5. The van der Waals surface area contributed by atoms with Crippen LogP contribution in [-0.4, -0.2) is 18.0 Å². The van der Waals surface area contributed by atoms with E-state index in [0.29, 0.717) is 23.6 Å². The Hall–Kier alpha value is -2.57. The van der Waals surface area contributed by atoms with Crippen LogP contribution in [0.2, 0.25) is 5.02 Å². The molecule has 3 rings (SSSR count). The first-order valence-corrected chi connectivity index (χ1v) is 10.7. The van der Waals surface area contributed by atoms with Gasteiger partial charge in [-0.05, 0) is 60.2 Å². The smallest absolute Gasteiger partial charge is 0.550 e. The predicted molar refractivity (Wildman–Crippen MR) is 126 cm³/mol. The second kappa shape index (κ2) is 13.9. The van der Waals surface area contributed by atoms with E-state index in [9.17, 15) is 14.7 Å². The molecule has 1 unspecified atom stereocenters. The number of carbonyl (C=O) groups excluding carboxylic acids is 2. The molecule has 5 nitrogen and oxygen atoms in total. The number of benzene rings is 3. The van der Waals surface area contributed by atoms with E-state index in [-0.39, 0.29) is 42.0 Å². The number of halogens is 1. The average Bonchev–Trinajstić information content (AvgIpc) is 2.79. The summed E-state index contributed by atoms with van der Waals surface area (Å²) in [6, 6.07) is 25.8. The molecule has 0 radical (unpaired) electrons. The van der Waals surface area contributed by atoms with Crippen LogP contribution in [-0.2, 0) is 4.79 Å². The second-order valence-electron chi connectivity index (χ2n) is 7.29. The molecule has 7 heteroatoms. The van der Waals surface area contributed by atoms with Gasteiger partial charge in [0.25, 0.3) is 0 Å². The Morgan fingerprint density at radius 3 is 1.94 bits per heavy atom. The minimum Gasteiger partial charge on any atom is -0.550 e. The van der Waals surface area contributed by atoms with Crippen molar-refractivity contribution in [1.82, 2.24) is 5.32 Å². The normalized spacial score (nSPS) is 10.9. The van der Waals surface area contributed by atoms with Crippen LogP contribution in [0.5, 0.6) is 0 Å². The fraction of sp³-hybridized carbons (Fsp3) is 0.154. The van der Waals surface area contributed by atoms with E-state index < -0.39 is 12.0 Å². The van der Waals surface area contributed by atoms with Gasteiger partial charge in [-0.25, -0.2) is 4.79 Å². The molecule has 0 aliphatic carbocycles. The van der Waals surface area contributed by atoms with Gasteiger partial charge in [0.05, 0.1) is 0 Å². The summed E-state index contributed by atoms with van der Waals surface area (Å²) in [7, 11) is 0. The van der Waals surface area contributed by atoms with Crippen molar-refractivity contribution in [3.05, 3.63) is 107 Å². The number of nitrogens with one attached hydrogen (secondary N) is 2. The van der Waals surface area contributed by atoms with E-state index in [4.69, 9.17) is 11.6 Å². The summed E-state index contributed by atoms with van der Waals surface area (Å²) < 4.78 is 0. The minimum atomic E-state index is -1.11. The van der Waals surface area contributed by atoms with E-state index in [1.807, 2.05) is 66.7 Å². The standard InChI is InChI=1S/C26H25ClN2O3.Na/c27-21-14-16-22(17-15-21)28-26(32)29-23(12-7-13-25(30)31)18-24(19-8-3-1-4-9-19)20-10-5-2-6-11-20;/h1-6,8-11,14-18,23H,7,12-13H2,(H,30,31)(H2,28,29,32);/q;+1/p-1. The molecule has 0 aliphatic rings. The fourth-order valence-corrected chi connectivity index (χ4v) is 3.45. The van der Waals surface area contributed by atoms with Crippen molar-refractivity contribution in [2.24, 2.45) is 0 Å². The van der Waals surface area contributed by atoms with E-state index in [1.165, 1.54) is 0 Å². The molecule has 0 aromatic heterocycles. The molecule has 2 N–H and O–H groups in total. The van der Waals surface area contributed by atoms with Gasteiger partial charge in [-0.3, -0.25) is 0 Å². The van der Waals surface area contributed by atoms with Gasteiger partial charge in [-0.2, -0.15) is 0 Å². The quantitative estimate of drug-likeness (QED) is 0.469. The topological polar surface area (TPSA) is 81.3 Å². The van der Waals surface area contributed by atoms with E-state index >= 15 is 0 Å². The monoisotopic (exact) mass is 470 g/mol. The first-order valence-electron chi connectivity index (χ1n) is 10.4. The molecule has 0 spiro atoms. The zero-order valence-corrected chi connectivity index (χ0v) is 21.2. The van der Waals surface area contributed by atoms with Gasteiger partial charge in [0.1, 0.15) is 0 Å². The maximum absolute atomic E-state index is 12.6. The van der Waals surface area contributed by atoms with Crippen molar-refractivity contribution in [2.75, 3.05) is 5.32 Å². The molecule has 0 saturated heterocycles. The molecule has 33 heavy (non-hydrogen) atoms. The van der Waals surface area contributed by atoms with Gasteiger partial charge in [-0.15, -0.1) is 0 Å². The summed E-state index contributed by atoms with van der Waals surface area (Å²) >= 11 is 5.90. The Morgan fingerprint density at radius 1 is 0.879 bits per heavy atom. The molecule has 3 aromatic carbocycles. The SMILES string of the molecule is O=C([O-])CCCC(C=C(c1ccccc1)c1ccccc1)NC(=O)Nc1ccc(Cl)cc1.[Na+]. The second-order valence-corrected chi connectivity index (χ2v) is 7.72. The van der Waals surface area contributed by atoms with Crippen molar-refractivity contribution in [3.8, 4) is 0 Å². The summed E-state index contributed by atoms with van der Waals surface area (Å²) in [4.78, 5) is 23.5. The summed E-state index contributed by atoms with van der Waals surface area (Å²) in [6.07, 6.45) is 2.73. The van der Waals surface area contributed by atoms with Crippen LogP contribution in [0, 0.1) is 0 Å². The van der Waals surface area contributed by atoms with Crippen LogP contribution in [0.15, 0.2) is 91.0 Å². The van der Waals surface area contributed by atoms with Crippen molar-refractivity contribution < 1.29 is 44.3 Å². The molecule has 0 aliphatic heterocycles. The van der Waals surface area contributed by atoms with Crippen LogP contribution in [0.1, 0.15) is 30.4 Å². The number of hydrogen-bond donors (Lipinski definition) is 2. The molecule has 0 heterocycles. The van der Waals surface area contributed by atoms with Gasteiger partial charge in [0.15, 0.2) is 0 Å². The third-order valence-corrected chi connectivity index (χ3v) is 5.10. The molecule has 2 amide bonds. The number of anilines is 1. The summed E-state index contributed by atoms with van der Waals surface area (Å²) in [5, 5.41) is 17.2. The number of rotatable bonds is 9. The van der Waals surface area contributed by atoms with E-state index in [2.05, 4.69) is 10.6 Å². The number of aliphatic carboxylic acids is 1. The van der Waals surface area contributed by atoms with Crippen LogP contribution in [0.25, 0.3) is 5.57 Å². The van der Waals surface area contributed by atoms with Gasteiger partial charge in [0, 0.05) is 22.7 Å². The fourth-order valence-electron chi connectivity index (χ4n) is 3.33. The summed E-state index contributed by atoms with van der Waals surface area (Å²) in [5.41, 5.74) is 3.57. The maximum atomic E-state index is 12.6. The zero-order chi connectivity index (χ0) is 22.8. The van der Waals surface area contributed by atoms with Crippen molar-refractivity contribution in [3.63, 3.8) is 0 Å². The molecule has 0 saturated carbocycles. The number of hydrogen-bond acceptors (Lipinski definition) is 3. The van der Waals surface area contributed by atoms with Crippen molar-refractivity contribution in [1.29, 1.82) is 0 Å². The van der Waals surface area contributed by atoms with Crippen molar-refractivity contribution >= 4 is 34.9 Å². The molecular weight excluding hydrogens is 447 g/mol. The maximum Gasteiger partial charge on any atom is 1.00 e. The van der Waals surface area contributed by atoms with Crippen LogP contribution < -0.4 is 45.3 Å². The van der Waals surface area contributed by atoms with Gasteiger partial charge >= 0.3 is 35.6 Å². The minimum absolute atomic E-state index is 0. The van der Waals surface area contributed by atoms with Crippen molar-refractivity contribution in [2.45, 2.75) is 25.3 Å². The first kappa shape index (κ1) is 26.7. The number of urea groups is 1. The average molecular weight is 471 g/mol. The molecule has 1 atom stereocenters. The summed E-state index contributed by atoms with van der Waals surface area (Å²) in [6.45, 7) is 0. The third-order valence-electron chi connectivity index (χ3n) is 4.85. The Bertz CT molecular complexity index is 1020. The Morgan fingerprint density at radius 2 is 1.42 bits per heavy atom. The number of carboxylic acids is 1. The Balaban J connectivity index is 0.00000385. The van der Waals surface area contributed by atoms with E-state index in [1.54, 1.807) is 24.3 Å². The largest absolute Gasteiger partial charge is 1.00 e. The Labute approximate surface area is 221 Å². The number of carboxylic acid groups (broad SMARTS) is 1.